The first-order valence-electron chi connectivity index (χ1n) is 11.5. The number of carbonyl (C=O) groups is 2. The Morgan fingerprint density at radius 1 is 0.974 bits per heavy atom. The van der Waals surface area contributed by atoms with Crippen molar-refractivity contribution in [2.75, 3.05) is 26.2 Å². The quantitative estimate of drug-likeness (QED) is 0.340. The van der Waals surface area contributed by atoms with Gasteiger partial charge in [-0.15, -0.1) is 0 Å². The minimum Gasteiger partial charge on any atom is -0.503 e. The Hall–Kier alpha value is -5.23. The highest BCUT2D eigenvalue weighted by Crippen LogP contribution is 2.47. The molecule has 0 aliphatic carbocycles. The maximum absolute atomic E-state index is 13.9. The van der Waals surface area contributed by atoms with Gasteiger partial charge in [0, 0.05) is 16.6 Å². The average molecular weight is 511 g/mol. The first-order chi connectivity index (χ1) is 18.4. The number of fused-ring (bicyclic) bond motifs is 1. The second kappa shape index (κ2) is 9.67. The van der Waals surface area contributed by atoms with Gasteiger partial charge in [-0.2, -0.15) is 5.26 Å². The number of carbonyl (C=O) groups excluding carboxylic acids is 2. The lowest BCUT2D eigenvalue weighted by atomic mass is 9.93. The van der Waals surface area contributed by atoms with Crippen LogP contribution in [0.15, 0.2) is 82.5 Å². The van der Waals surface area contributed by atoms with Crippen LogP contribution in [0.5, 0.6) is 17.2 Å². The highest BCUT2D eigenvalue weighted by Gasteiger charge is 2.46. The molecule has 0 saturated carbocycles. The van der Waals surface area contributed by atoms with Gasteiger partial charge in [-0.3, -0.25) is 14.5 Å². The summed E-state index contributed by atoms with van der Waals surface area (Å²) in [6.45, 7) is 0. The van der Waals surface area contributed by atoms with Gasteiger partial charge in [0.1, 0.15) is 0 Å². The lowest BCUT2D eigenvalue weighted by Crippen LogP contribution is -2.31. The van der Waals surface area contributed by atoms with Gasteiger partial charge in [-0.05, 0) is 42.5 Å². The van der Waals surface area contributed by atoms with E-state index in [1.165, 1.54) is 32.3 Å². The highest BCUT2D eigenvalue weighted by atomic mass is 16.5. The van der Waals surface area contributed by atoms with Crippen LogP contribution in [0.4, 0.5) is 5.69 Å². The highest BCUT2D eigenvalue weighted by molar-refractivity contribution is 6.21. The van der Waals surface area contributed by atoms with Crippen LogP contribution in [-0.4, -0.2) is 38.1 Å². The molecule has 1 aliphatic rings. The summed E-state index contributed by atoms with van der Waals surface area (Å²) in [5.74, 6) is -1.16. The summed E-state index contributed by atoms with van der Waals surface area (Å²) in [6, 6.07) is 19.0. The number of aliphatic hydroxyl groups excluding tert-OH is 1. The van der Waals surface area contributed by atoms with E-state index in [1.807, 2.05) is 6.07 Å². The van der Waals surface area contributed by atoms with Crippen molar-refractivity contribution in [3.8, 4) is 23.3 Å². The third-order valence-electron chi connectivity index (χ3n) is 6.41. The van der Waals surface area contributed by atoms with Crippen LogP contribution in [0.1, 0.15) is 27.7 Å². The van der Waals surface area contributed by atoms with Gasteiger partial charge in [0.2, 0.25) is 5.78 Å². The number of para-hydroxylation sites is 2. The van der Waals surface area contributed by atoms with Gasteiger partial charge < -0.3 is 23.7 Å². The molecule has 0 spiro atoms. The molecule has 38 heavy (non-hydrogen) atoms. The first kappa shape index (κ1) is 24.5. The lowest BCUT2D eigenvalue weighted by Gasteiger charge is -2.28. The molecule has 1 unspecified atom stereocenters. The van der Waals surface area contributed by atoms with Crippen LogP contribution < -0.4 is 19.1 Å². The molecule has 0 bridgehead atoms. The zero-order valence-corrected chi connectivity index (χ0v) is 20.7. The molecular formula is C29H22N2O7. The van der Waals surface area contributed by atoms with E-state index in [2.05, 4.69) is 0 Å². The molecule has 0 fully saturated rings. The summed E-state index contributed by atoms with van der Waals surface area (Å²) >= 11 is 0. The maximum atomic E-state index is 13.9. The van der Waals surface area contributed by atoms with Crippen molar-refractivity contribution in [2.24, 2.45) is 0 Å². The summed E-state index contributed by atoms with van der Waals surface area (Å²) in [5.41, 5.74) is 1.34. The first-order valence-corrected chi connectivity index (χ1v) is 11.5. The van der Waals surface area contributed by atoms with E-state index in [0.29, 0.717) is 39.3 Å². The van der Waals surface area contributed by atoms with Crippen molar-refractivity contribution in [1.29, 1.82) is 5.26 Å². The van der Waals surface area contributed by atoms with Crippen molar-refractivity contribution in [3.05, 3.63) is 94.9 Å². The Labute approximate surface area is 217 Å². The van der Waals surface area contributed by atoms with Crippen LogP contribution >= 0.6 is 0 Å². The minimum absolute atomic E-state index is 0.0765. The summed E-state index contributed by atoms with van der Waals surface area (Å²) in [7, 11) is 4.41. The van der Waals surface area contributed by atoms with Crippen LogP contribution in [0.25, 0.3) is 11.0 Å². The maximum Gasteiger partial charge on any atom is 0.294 e. The topological polar surface area (TPSA) is 122 Å². The van der Waals surface area contributed by atoms with Gasteiger partial charge in [-0.1, -0.05) is 24.3 Å². The van der Waals surface area contributed by atoms with Crippen LogP contribution in [-0.2, 0) is 4.79 Å². The number of methoxy groups -OCH3 is 3. The fourth-order valence-corrected chi connectivity index (χ4v) is 4.66. The fourth-order valence-electron chi connectivity index (χ4n) is 4.66. The summed E-state index contributed by atoms with van der Waals surface area (Å²) in [5, 5.41) is 20.9. The summed E-state index contributed by atoms with van der Waals surface area (Å²) in [4.78, 5) is 28.7. The SMILES string of the molecule is COc1cccc(C2C(C(=O)c3cc4cccc(OC)c4o3)=C(O)C(=O)N2c2ccc(C#N)cc2)c1OC. The van der Waals surface area contributed by atoms with E-state index in [0.717, 1.165) is 0 Å². The number of amides is 1. The Bertz CT molecular complexity index is 1640. The lowest BCUT2D eigenvalue weighted by molar-refractivity contribution is -0.117. The molecule has 3 aromatic carbocycles. The van der Waals surface area contributed by atoms with Crippen molar-refractivity contribution < 1.29 is 33.3 Å². The smallest absolute Gasteiger partial charge is 0.294 e. The number of ether oxygens (including phenoxy) is 3. The van der Waals surface area contributed by atoms with Gasteiger partial charge in [0.15, 0.2) is 34.4 Å². The number of Topliss-reactive ketones (excluding diaryl/α,β-unsaturated/α-hetero) is 1. The Kier molecular flexibility index (Phi) is 6.23. The fraction of sp³-hybridized carbons (Fsp3) is 0.138. The van der Waals surface area contributed by atoms with Gasteiger partial charge in [-0.25, -0.2) is 0 Å². The molecule has 1 N–H and O–H groups in total. The van der Waals surface area contributed by atoms with Crippen molar-refractivity contribution in [2.45, 2.75) is 6.04 Å². The number of hydrogen-bond acceptors (Lipinski definition) is 8. The second-order valence-corrected chi connectivity index (χ2v) is 8.40. The number of anilines is 1. The third kappa shape index (κ3) is 3.79. The van der Waals surface area contributed by atoms with Gasteiger partial charge in [0.05, 0.1) is 44.6 Å². The normalized spacial score (nSPS) is 15.1. The van der Waals surface area contributed by atoms with Crippen LogP contribution in [0.3, 0.4) is 0 Å². The van der Waals surface area contributed by atoms with Crippen LogP contribution in [0.2, 0.25) is 0 Å². The number of nitrogens with zero attached hydrogens (tertiary/aromatic N) is 2. The van der Waals surface area contributed by atoms with Crippen molar-refractivity contribution in [3.63, 3.8) is 0 Å². The molecule has 190 valence electrons. The number of hydrogen-bond donors (Lipinski definition) is 1. The zero-order chi connectivity index (χ0) is 27.0. The second-order valence-electron chi connectivity index (χ2n) is 8.40. The number of aliphatic hydroxyl groups is 1. The Morgan fingerprint density at radius 2 is 1.66 bits per heavy atom. The molecule has 1 aliphatic heterocycles. The van der Waals surface area contributed by atoms with Crippen LogP contribution in [0, 0.1) is 11.3 Å². The van der Waals surface area contributed by atoms with E-state index in [1.54, 1.807) is 60.7 Å². The van der Waals surface area contributed by atoms with Crippen molar-refractivity contribution >= 4 is 28.3 Å². The third-order valence-corrected chi connectivity index (χ3v) is 6.41. The molecule has 1 atom stereocenters. The predicted molar refractivity (Wildman–Crippen MR) is 138 cm³/mol. The molecule has 0 radical (unpaired) electrons. The predicted octanol–water partition coefficient (Wildman–Crippen LogP) is 5.11. The van der Waals surface area contributed by atoms with Crippen molar-refractivity contribution in [1.82, 2.24) is 0 Å². The molecule has 0 saturated heterocycles. The summed E-state index contributed by atoms with van der Waals surface area (Å²) < 4.78 is 22.3. The average Bonchev–Trinajstić information content (AvgIpc) is 3.51. The number of furan rings is 1. The number of rotatable bonds is 7. The number of benzene rings is 3. The summed E-state index contributed by atoms with van der Waals surface area (Å²) in [6.07, 6.45) is 0. The monoisotopic (exact) mass is 510 g/mol. The molecule has 9 heteroatoms. The molecule has 2 heterocycles. The van der Waals surface area contributed by atoms with E-state index < -0.39 is 23.5 Å². The molecule has 1 aromatic heterocycles. The zero-order valence-electron chi connectivity index (χ0n) is 20.7. The number of nitriles is 1. The number of ketones is 1. The Morgan fingerprint density at radius 3 is 2.32 bits per heavy atom. The standard InChI is InChI=1S/C29H22N2O7/c1-35-20-8-4-6-17-14-22(38-27(17)20)25(32)23-24(19-7-5-9-21(36-2)28(19)37-3)31(29(34)26(23)33)18-12-10-16(15-30)11-13-18/h4-14,24,33H,1-3H3. The molecule has 9 nitrogen and oxygen atoms in total. The molecular weight excluding hydrogens is 488 g/mol. The minimum atomic E-state index is -1.09. The molecule has 5 rings (SSSR count). The van der Waals surface area contributed by atoms with E-state index in [4.69, 9.17) is 18.6 Å². The van der Waals surface area contributed by atoms with Gasteiger partial charge in [0.25, 0.3) is 5.91 Å². The van der Waals surface area contributed by atoms with E-state index in [-0.39, 0.29) is 17.1 Å². The molecule has 1 amide bonds. The Balaban J connectivity index is 1.71. The van der Waals surface area contributed by atoms with Gasteiger partial charge >= 0.3 is 0 Å². The molecule has 4 aromatic rings. The van der Waals surface area contributed by atoms with E-state index >= 15 is 0 Å². The van der Waals surface area contributed by atoms with E-state index in [9.17, 15) is 20.0 Å². The largest absolute Gasteiger partial charge is 0.503 e.